The van der Waals surface area contributed by atoms with Gasteiger partial charge in [-0.1, -0.05) is 0 Å². The first kappa shape index (κ1) is 13.9. The van der Waals surface area contributed by atoms with Crippen LogP contribution in [0.5, 0.6) is 0 Å². The summed E-state index contributed by atoms with van der Waals surface area (Å²) in [5, 5.41) is 11.1. The number of ether oxygens (including phenoxy) is 1. The van der Waals surface area contributed by atoms with Crippen molar-refractivity contribution in [3.8, 4) is 0 Å². The first-order chi connectivity index (χ1) is 9.43. The predicted octanol–water partition coefficient (Wildman–Crippen LogP) is 0.445. The maximum Gasteiger partial charge on any atom is 0.338 e. The molecule has 1 saturated heterocycles. The SMILES string of the molecule is COC(=O)c1ccc(N2CC(N)CC2=O)c([N+](=O)[O-])c1. The molecule has 2 rings (SSSR count). The molecule has 1 amide bonds. The molecule has 0 bridgehead atoms. The van der Waals surface area contributed by atoms with Crippen molar-refractivity contribution in [3.05, 3.63) is 33.9 Å². The standard InChI is InChI=1S/C12H13N3O5/c1-20-12(17)7-2-3-9(10(4-7)15(18)19)14-6-8(13)5-11(14)16/h2-4,8H,5-6,13H2,1H3. The van der Waals surface area contributed by atoms with Crippen molar-refractivity contribution < 1.29 is 19.2 Å². The van der Waals surface area contributed by atoms with Crippen LogP contribution in [0.2, 0.25) is 0 Å². The molecule has 1 atom stereocenters. The lowest BCUT2D eigenvalue weighted by Crippen LogP contribution is -2.28. The molecule has 1 aromatic rings. The lowest BCUT2D eigenvalue weighted by molar-refractivity contribution is -0.384. The van der Waals surface area contributed by atoms with E-state index in [1.807, 2.05) is 0 Å². The predicted molar refractivity (Wildman–Crippen MR) is 69.4 cm³/mol. The molecule has 1 fully saturated rings. The van der Waals surface area contributed by atoms with Gasteiger partial charge in [0.2, 0.25) is 5.91 Å². The molecule has 0 aliphatic carbocycles. The molecule has 1 aliphatic heterocycles. The molecule has 1 heterocycles. The van der Waals surface area contributed by atoms with E-state index >= 15 is 0 Å². The summed E-state index contributed by atoms with van der Waals surface area (Å²) < 4.78 is 4.51. The first-order valence-corrected chi connectivity index (χ1v) is 5.86. The third kappa shape index (κ3) is 2.45. The van der Waals surface area contributed by atoms with Gasteiger partial charge in [-0.25, -0.2) is 4.79 Å². The van der Waals surface area contributed by atoms with E-state index in [-0.39, 0.29) is 41.9 Å². The lowest BCUT2D eigenvalue weighted by atomic mass is 10.1. The maximum atomic E-state index is 11.8. The van der Waals surface area contributed by atoms with Crippen molar-refractivity contribution >= 4 is 23.3 Å². The number of nitro benzene ring substituents is 1. The Morgan fingerprint density at radius 2 is 2.25 bits per heavy atom. The van der Waals surface area contributed by atoms with Crippen LogP contribution in [0.15, 0.2) is 18.2 Å². The van der Waals surface area contributed by atoms with Gasteiger partial charge in [0.05, 0.1) is 17.6 Å². The highest BCUT2D eigenvalue weighted by Crippen LogP contribution is 2.32. The Hall–Kier alpha value is -2.48. The smallest absolute Gasteiger partial charge is 0.338 e. The number of methoxy groups -OCH3 is 1. The molecule has 0 radical (unpaired) electrons. The average Bonchev–Trinajstić information content (AvgIpc) is 2.76. The minimum atomic E-state index is -0.677. The number of carbonyl (C=O) groups excluding carboxylic acids is 2. The number of carbonyl (C=O) groups is 2. The van der Waals surface area contributed by atoms with E-state index in [2.05, 4.69) is 4.74 Å². The molecule has 0 spiro atoms. The summed E-state index contributed by atoms with van der Waals surface area (Å²) in [5.41, 5.74) is 5.54. The number of rotatable bonds is 3. The summed E-state index contributed by atoms with van der Waals surface area (Å²) in [6, 6.07) is 3.49. The molecule has 1 unspecified atom stereocenters. The van der Waals surface area contributed by atoms with Crippen LogP contribution in [0.3, 0.4) is 0 Å². The van der Waals surface area contributed by atoms with Crippen LogP contribution in [0, 0.1) is 10.1 Å². The number of hydrogen-bond acceptors (Lipinski definition) is 6. The second kappa shape index (κ2) is 5.25. The van der Waals surface area contributed by atoms with Crippen molar-refractivity contribution in [2.75, 3.05) is 18.6 Å². The topological polar surface area (TPSA) is 116 Å². The number of anilines is 1. The van der Waals surface area contributed by atoms with Crippen molar-refractivity contribution in [3.63, 3.8) is 0 Å². The molecular formula is C12H13N3O5. The van der Waals surface area contributed by atoms with E-state index in [4.69, 9.17) is 5.73 Å². The highest BCUT2D eigenvalue weighted by Gasteiger charge is 2.32. The van der Waals surface area contributed by atoms with Gasteiger partial charge in [-0.05, 0) is 12.1 Å². The minimum Gasteiger partial charge on any atom is -0.465 e. The highest BCUT2D eigenvalue weighted by atomic mass is 16.6. The number of nitro groups is 1. The van der Waals surface area contributed by atoms with Crippen molar-refractivity contribution in [1.82, 2.24) is 0 Å². The van der Waals surface area contributed by atoms with Gasteiger partial charge in [0.15, 0.2) is 0 Å². The summed E-state index contributed by atoms with van der Waals surface area (Å²) in [6.45, 7) is 0.219. The summed E-state index contributed by atoms with van der Waals surface area (Å²) >= 11 is 0. The fourth-order valence-electron chi connectivity index (χ4n) is 2.11. The van der Waals surface area contributed by atoms with E-state index in [1.54, 1.807) is 0 Å². The average molecular weight is 279 g/mol. The number of hydrogen-bond donors (Lipinski definition) is 1. The Kier molecular flexibility index (Phi) is 3.66. The molecule has 1 aromatic carbocycles. The lowest BCUT2D eigenvalue weighted by Gasteiger charge is -2.16. The monoisotopic (exact) mass is 279 g/mol. The molecule has 8 nitrogen and oxygen atoms in total. The molecule has 0 saturated carbocycles. The number of esters is 1. The number of nitrogens with two attached hydrogens (primary N) is 1. The van der Waals surface area contributed by atoms with E-state index in [1.165, 1.54) is 24.1 Å². The van der Waals surface area contributed by atoms with Crippen LogP contribution in [-0.4, -0.2) is 36.5 Å². The van der Waals surface area contributed by atoms with Gasteiger partial charge in [-0.15, -0.1) is 0 Å². The number of benzene rings is 1. The van der Waals surface area contributed by atoms with Crippen molar-refractivity contribution in [2.45, 2.75) is 12.5 Å². The van der Waals surface area contributed by atoms with E-state index < -0.39 is 10.9 Å². The van der Waals surface area contributed by atoms with Gasteiger partial charge in [0, 0.05) is 25.1 Å². The van der Waals surface area contributed by atoms with Gasteiger partial charge < -0.3 is 15.4 Å². The Bertz CT molecular complexity index is 586. The fourth-order valence-corrected chi connectivity index (χ4v) is 2.11. The second-order valence-electron chi connectivity index (χ2n) is 4.42. The molecule has 8 heteroatoms. The number of nitrogens with zero attached hydrogens (tertiary/aromatic N) is 2. The summed E-state index contributed by atoms with van der Waals surface area (Å²) in [6.07, 6.45) is 0.149. The minimum absolute atomic E-state index is 0.0545. The Morgan fingerprint density at radius 1 is 1.55 bits per heavy atom. The van der Waals surface area contributed by atoms with Gasteiger partial charge in [0.25, 0.3) is 5.69 Å². The van der Waals surface area contributed by atoms with Crippen LogP contribution in [0.1, 0.15) is 16.8 Å². The van der Waals surface area contributed by atoms with Crippen molar-refractivity contribution in [1.29, 1.82) is 0 Å². The van der Waals surface area contributed by atoms with Gasteiger partial charge >= 0.3 is 5.97 Å². The molecule has 2 N–H and O–H groups in total. The van der Waals surface area contributed by atoms with Crippen LogP contribution in [0.4, 0.5) is 11.4 Å². The Balaban J connectivity index is 2.46. The van der Waals surface area contributed by atoms with Gasteiger partial charge in [0.1, 0.15) is 5.69 Å². The van der Waals surface area contributed by atoms with Gasteiger partial charge in [-0.3, -0.25) is 14.9 Å². The third-order valence-corrected chi connectivity index (χ3v) is 3.04. The van der Waals surface area contributed by atoms with Crippen LogP contribution >= 0.6 is 0 Å². The van der Waals surface area contributed by atoms with Crippen molar-refractivity contribution in [2.24, 2.45) is 5.73 Å². The third-order valence-electron chi connectivity index (χ3n) is 3.04. The summed E-state index contributed by atoms with van der Waals surface area (Å²) in [5.74, 6) is -0.949. The summed E-state index contributed by atoms with van der Waals surface area (Å²) in [7, 11) is 1.19. The van der Waals surface area contributed by atoms with E-state index in [9.17, 15) is 19.7 Å². The van der Waals surface area contributed by atoms with Gasteiger partial charge in [-0.2, -0.15) is 0 Å². The summed E-state index contributed by atoms with van der Waals surface area (Å²) in [4.78, 5) is 34.9. The molecule has 20 heavy (non-hydrogen) atoms. The molecule has 106 valence electrons. The largest absolute Gasteiger partial charge is 0.465 e. The highest BCUT2D eigenvalue weighted by molar-refractivity contribution is 5.99. The zero-order valence-electron chi connectivity index (χ0n) is 10.7. The van der Waals surface area contributed by atoms with E-state index in [0.717, 1.165) is 6.07 Å². The van der Waals surface area contributed by atoms with Crippen LogP contribution in [0.25, 0.3) is 0 Å². The fraction of sp³-hybridized carbons (Fsp3) is 0.333. The molecule has 0 aromatic heterocycles. The molecule has 1 aliphatic rings. The first-order valence-electron chi connectivity index (χ1n) is 5.86. The quantitative estimate of drug-likeness (QED) is 0.487. The zero-order valence-corrected chi connectivity index (χ0v) is 10.7. The Labute approximate surface area is 114 Å². The molecular weight excluding hydrogens is 266 g/mol. The maximum absolute atomic E-state index is 11.8. The second-order valence-corrected chi connectivity index (χ2v) is 4.42. The van der Waals surface area contributed by atoms with E-state index in [0.29, 0.717) is 0 Å². The zero-order chi connectivity index (χ0) is 14.9. The Morgan fingerprint density at radius 3 is 2.75 bits per heavy atom. The number of amides is 1. The van der Waals surface area contributed by atoms with Crippen LogP contribution < -0.4 is 10.6 Å². The van der Waals surface area contributed by atoms with Crippen LogP contribution in [-0.2, 0) is 9.53 Å². The normalized spacial score (nSPS) is 18.2.